The van der Waals surface area contributed by atoms with Crippen molar-refractivity contribution in [3.8, 4) is 0 Å². The molecule has 3 heterocycles. The summed E-state index contributed by atoms with van der Waals surface area (Å²) >= 11 is 0. The highest BCUT2D eigenvalue weighted by Gasteiger charge is 2.17. The van der Waals surface area contributed by atoms with Crippen molar-refractivity contribution < 1.29 is 0 Å². The van der Waals surface area contributed by atoms with Crippen LogP contribution in [-0.4, -0.2) is 15.8 Å². The molecule has 16 heavy (non-hydrogen) atoms. The molecular weight excluding hydrogens is 200 g/mol. The first-order chi connectivity index (χ1) is 7.84. The molecule has 0 fully saturated rings. The number of pyridine rings is 1. The summed E-state index contributed by atoms with van der Waals surface area (Å²) in [6, 6.07) is 5.99. The van der Waals surface area contributed by atoms with Crippen LogP contribution in [0.1, 0.15) is 17.3 Å². The molecule has 4 heteroatoms. The Morgan fingerprint density at radius 2 is 2.31 bits per heavy atom. The third kappa shape index (κ3) is 1.39. The number of anilines is 1. The van der Waals surface area contributed by atoms with Gasteiger partial charge in [0.2, 0.25) is 0 Å². The highest BCUT2D eigenvalue weighted by atomic mass is 15.2. The summed E-state index contributed by atoms with van der Waals surface area (Å²) in [7, 11) is 2.02. The zero-order chi connectivity index (χ0) is 11.0. The monoisotopic (exact) mass is 212 g/mol. The number of fused-ring (bicyclic) bond motifs is 1. The van der Waals surface area contributed by atoms with Crippen LogP contribution in [0, 0.1) is 0 Å². The summed E-state index contributed by atoms with van der Waals surface area (Å²) in [6.45, 7) is 0. The maximum Gasteiger partial charge on any atom is 0.147 e. The first-order valence-electron chi connectivity index (χ1n) is 5.19. The average Bonchev–Trinajstić information content (AvgIpc) is 2.72. The normalized spacial score (nSPS) is 17.9. The number of hydrogen-bond donors (Lipinski definition) is 1. The Morgan fingerprint density at radius 3 is 3.12 bits per heavy atom. The molecule has 1 atom stereocenters. The summed E-state index contributed by atoms with van der Waals surface area (Å²) in [5.74, 6) is 1.10. The average molecular weight is 212 g/mol. The lowest BCUT2D eigenvalue weighted by Gasteiger charge is -2.20. The van der Waals surface area contributed by atoms with Crippen molar-refractivity contribution in [1.82, 2.24) is 9.55 Å². The number of nitrogens with one attached hydrogen (secondary N) is 1. The SMILES string of the molecule is Cn1ccc2c1NC(c1cccnc1)N=C2. The summed E-state index contributed by atoms with van der Waals surface area (Å²) in [5.41, 5.74) is 2.20. The van der Waals surface area contributed by atoms with E-state index in [1.165, 1.54) is 0 Å². The van der Waals surface area contributed by atoms with Crippen molar-refractivity contribution in [3.63, 3.8) is 0 Å². The largest absolute Gasteiger partial charge is 0.346 e. The third-order valence-corrected chi connectivity index (χ3v) is 2.74. The van der Waals surface area contributed by atoms with E-state index >= 15 is 0 Å². The highest BCUT2D eigenvalue weighted by molar-refractivity contribution is 5.88. The van der Waals surface area contributed by atoms with Gasteiger partial charge in [0, 0.05) is 43.0 Å². The van der Waals surface area contributed by atoms with Crippen LogP contribution in [0.4, 0.5) is 5.82 Å². The van der Waals surface area contributed by atoms with Gasteiger partial charge in [-0.1, -0.05) is 6.07 Å². The van der Waals surface area contributed by atoms with Crippen molar-refractivity contribution in [2.75, 3.05) is 5.32 Å². The van der Waals surface area contributed by atoms with Crippen molar-refractivity contribution >= 4 is 12.0 Å². The van der Waals surface area contributed by atoms with Crippen LogP contribution in [0.5, 0.6) is 0 Å². The molecule has 0 bridgehead atoms. The van der Waals surface area contributed by atoms with Gasteiger partial charge < -0.3 is 9.88 Å². The zero-order valence-corrected chi connectivity index (χ0v) is 8.96. The molecule has 0 amide bonds. The second-order valence-corrected chi connectivity index (χ2v) is 3.84. The second kappa shape index (κ2) is 3.48. The van der Waals surface area contributed by atoms with Gasteiger partial charge in [-0.3, -0.25) is 9.98 Å². The second-order valence-electron chi connectivity index (χ2n) is 3.84. The van der Waals surface area contributed by atoms with E-state index in [4.69, 9.17) is 0 Å². The van der Waals surface area contributed by atoms with Crippen LogP contribution in [0.3, 0.4) is 0 Å². The molecule has 3 rings (SSSR count). The van der Waals surface area contributed by atoms with E-state index in [0.29, 0.717) is 0 Å². The highest BCUT2D eigenvalue weighted by Crippen LogP contribution is 2.26. The minimum atomic E-state index is -0.0326. The Labute approximate surface area is 93.7 Å². The van der Waals surface area contributed by atoms with Gasteiger partial charge in [-0.25, -0.2) is 0 Å². The predicted molar refractivity (Wildman–Crippen MR) is 63.6 cm³/mol. The van der Waals surface area contributed by atoms with Crippen molar-refractivity contribution in [2.45, 2.75) is 6.17 Å². The molecule has 2 aromatic rings. The minimum absolute atomic E-state index is 0.0326. The van der Waals surface area contributed by atoms with Gasteiger partial charge >= 0.3 is 0 Å². The third-order valence-electron chi connectivity index (χ3n) is 2.74. The van der Waals surface area contributed by atoms with E-state index in [9.17, 15) is 0 Å². The van der Waals surface area contributed by atoms with E-state index in [1.807, 2.05) is 43.9 Å². The quantitative estimate of drug-likeness (QED) is 0.785. The number of hydrogen-bond acceptors (Lipinski definition) is 3. The summed E-state index contributed by atoms with van der Waals surface area (Å²) in [5, 5.41) is 3.39. The molecule has 1 aliphatic heterocycles. The van der Waals surface area contributed by atoms with Crippen LogP contribution in [0.15, 0.2) is 41.8 Å². The number of rotatable bonds is 1. The number of aliphatic imine (C=N–C) groups is 1. The lowest BCUT2D eigenvalue weighted by Crippen LogP contribution is -2.15. The molecule has 0 spiro atoms. The van der Waals surface area contributed by atoms with Crippen LogP contribution in [0.25, 0.3) is 0 Å². The molecular formula is C12H12N4. The first kappa shape index (κ1) is 9.15. The van der Waals surface area contributed by atoms with Crippen LogP contribution in [0.2, 0.25) is 0 Å². The smallest absolute Gasteiger partial charge is 0.147 e. The molecule has 80 valence electrons. The van der Waals surface area contributed by atoms with Crippen LogP contribution in [-0.2, 0) is 7.05 Å². The Hall–Kier alpha value is -2.10. The fraction of sp³-hybridized carbons (Fsp3) is 0.167. The molecule has 0 radical (unpaired) electrons. The van der Waals surface area contributed by atoms with E-state index in [2.05, 4.69) is 19.9 Å². The topological polar surface area (TPSA) is 42.2 Å². The Kier molecular flexibility index (Phi) is 1.99. The first-order valence-corrected chi connectivity index (χ1v) is 5.19. The van der Waals surface area contributed by atoms with Crippen molar-refractivity contribution in [3.05, 3.63) is 47.9 Å². The maximum absolute atomic E-state index is 4.46. The Bertz CT molecular complexity index is 527. The Balaban J connectivity index is 1.96. The predicted octanol–water partition coefficient (Wildman–Crippen LogP) is 1.96. The number of aryl methyl sites for hydroxylation is 1. The molecule has 2 aromatic heterocycles. The molecule has 0 saturated heterocycles. The van der Waals surface area contributed by atoms with Gasteiger partial charge in [0.15, 0.2) is 0 Å². The molecule has 0 saturated carbocycles. The summed E-state index contributed by atoms with van der Waals surface area (Å²) in [4.78, 5) is 8.57. The summed E-state index contributed by atoms with van der Waals surface area (Å²) < 4.78 is 2.06. The molecule has 1 N–H and O–H groups in total. The van der Waals surface area contributed by atoms with Gasteiger partial charge in [0.1, 0.15) is 12.0 Å². The van der Waals surface area contributed by atoms with Crippen molar-refractivity contribution in [1.29, 1.82) is 0 Å². The van der Waals surface area contributed by atoms with E-state index < -0.39 is 0 Å². The number of nitrogens with zero attached hydrogens (tertiary/aromatic N) is 3. The standard InChI is InChI=1S/C12H12N4/c1-16-6-4-10-8-14-11(15-12(10)16)9-3-2-5-13-7-9/h2-8,11,15H,1H3. The zero-order valence-electron chi connectivity index (χ0n) is 8.96. The summed E-state index contributed by atoms with van der Waals surface area (Å²) in [6.07, 6.45) is 7.50. The fourth-order valence-electron chi connectivity index (χ4n) is 1.87. The molecule has 0 aliphatic carbocycles. The van der Waals surface area contributed by atoms with Crippen molar-refractivity contribution in [2.24, 2.45) is 12.0 Å². The lowest BCUT2D eigenvalue weighted by molar-refractivity contribution is 0.794. The van der Waals surface area contributed by atoms with Gasteiger partial charge in [-0.2, -0.15) is 0 Å². The Morgan fingerprint density at radius 1 is 1.38 bits per heavy atom. The van der Waals surface area contributed by atoms with Gasteiger partial charge in [-0.05, 0) is 12.1 Å². The maximum atomic E-state index is 4.46. The van der Waals surface area contributed by atoms with E-state index in [0.717, 1.165) is 16.9 Å². The van der Waals surface area contributed by atoms with Gasteiger partial charge in [0.05, 0.1) is 0 Å². The van der Waals surface area contributed by atoms with Crippen LogP contribution >= 0.6 is 0 Å². The molecule has 1 unspecified atom stereocenters. The lowest BCUT2D eigenvalue weighted by atomic mass is 10.2. The molecule has 4 nitrogen and oxygen atoms in total. The number of aromatic nitrogens is 2. The van der Waals surface area contributed by atoms with E-state index in [1.54, 1.807) is 6.20 Å². The molecule has 1 aliphatic rings. The van der Waals surface area contributed by atoms with Gasteiger partial charge in [-0.15, -0.1) is 0 Å². The van der Waals surface area contributed by atoms with E-state index in [-0.39, 0.29) is 6.17 Å². The fourth-order valence-corrected chi connectivity index (χ4v) is 1.87. The molecule has 0 aromatic carbocycles. The van der Waals surface area contributed by atoms with Gasteiger partial charge in [0.25, 0.3) is 0 Å². The van der Waals surface area contributed by atoms with Crippen LogP contribution < -0.4 is 5.32 Å². The minimum Gasteiger partial charge on any atom is -0.346 e.